The molecule has 8 nitrogen and oxygen atoms in total. The van der Waals surface area contributed by atoms with Gasteiger partial charge in [0, 0.05) is 11.8 Å². The Morgan fingerprint density at radius 2 is 1.72 bits per heavy atom. The van der Waals surface area contributed by atoms with E-state index in [2.05, 4.69) is 4.98 Å². The van der Waals surface area contributed by atoms with E-state index in [4.69, 9.17) is 14.2 Å². The van der Waals surface area contributed by atoms with Gasteiger partial charge < -0.3 is 24.2 Å². The van der Waals surface area contributed by atoms with E-state index in [1.165, 1.54) is 44.4 Å². The van der Waals surface area contributed by atoms with E-state index in [9.17, 15) is 19.1 Å². The Kier molecular flexibility index (Phi) is 6.91. The third kappa shape index (κ3) is 4.35. The van der Waals surface area contributed by atoms with Gasteiger partial charge >= 0.3 is 0 Å². The number of hydrogen-bond donors (Lipinski definition) is 1. The average molecular weight is 493 g/mol. The van der Waals surface area contributed by atoms with Gasteiger partial charge in [0.1, 0.15) is 11.6 Å². The number of hydrogen-bond acceptors (Lipinski definition) is 7. The second kappa shape index (κ2) is 10.1. The van der Waals surface area contributed by atoms with Crippen molar-refractivity contribution in [1.29, 1.82) is 0 Å². The highest BCUT2D eigenvalue weighted by atomic mass is 19.1. The SMILES string of the molecule is COc1cc(C2/C(=C(\O)c3ccc(F)c(C)c3)C(=O)C(=O)N2Cc2ccccn2)cc(OC)c1OC. The van der Waals surface area contributed by atoms with Crippen LogP contribution in [0.2, 0.25) is 0 Å². The molecule has 4 rings (SSSR count). The number of aromatic nitrogens is 1. The van der Waals surface area contributed by atoms with Crippen molar-refractivity contribution in [3.8, 4) is 17.2 Å². The number of rotatable bonds is 7. The van der Waals surface area contributed by atoms with Crippen LogP contribution in [0.25, 0.3) is 5.76 Å². The number of carbonyl (C=O) groups excluding carboxylic acids is 2. The summed E-state index contributed by atoms with van der Waals surface area (Å²) < 4.78 is 30.2. The molecule has 0 aliphatic carbocycles. The second-order valence-corrected chi connectivity index (χ2v) is 8.17. The molecule has 1 aromatic heterocycles. The van der Waals surface area contributed by atoms with Crippen molar-refractivity contribution < 1.29 is 33.3 Å². The van der Waals surface area contributed by atoms with Gasteiger partial charge in [0.2, 0.25) is 5.75 Å². The van der Waals surface area contributed by atoms with Crippen LogP contribution >= 0.6 is 0 Å². The quantitative estimate of drug-likeness (QED) is 0.300. The molecule has 2 aromatic carbocycles. The molecule has 3 aromatic rings. The van der Waals surface area contributed by atoms with E-state index in [1.54, 1.807) is 43.5 Å². The van der Waals surface area contributed by atoms with Crippen LogP contribution in [-0.4, -0.2) is 48.0 Å². The Morgan fingerprint density at radius 3 is 2.28 bits per heavy atom. The molecule has 1 atom stereocenters. The molecule has 186 valence electrons. The van der Waals surface area contributed by atoms with Gasteiger partial charge in [0.05, 0.1) is 45.2 Å². The van der Waals surface area contributed by atoms with Crippen LogP contribution in [0.15, 0.2) is 60.3 Å². The van der Waals surface area contributed by atoms with E-state index in [0.29, 0.717) is 28.5 Å². The smallest absolute Gasteiger partial charge is 0.296 e. The summed E-state index contributed by atoms with van der Waals surface area (Å²) in [6.45, 7) is 1.55. The normalized spacial score (nSPS) is 16.8. The Hall–Kier alpha value is -4.40. The molecule has 0 bridgehead atoms. The minimum Gasteiger partial charge on any atom is -0.507 e. The molecule has 1 N–H and O–H groups in total. The fraction of sp³-hybridized carbons (Fsp3) is 0.222. The molecule has 1 aliphatic heterocycles. The Balaban J connectivity index is 1.96. The fourth-order valence-corrected chi connectivity index (χ4v) is 4.26. The van der Waals surface area contributed by atoms with Gasteiger partial charge in [-0.15, -0.1) is 0 Å². The molecule has 0 spiro atoms. The van der Waals surface area contributed by atoms with Crippen LogP contribution in [0, 0.1) is 12.7 Å². The number of nitrogens with zero attached hydrogens (tertiary/aromatic N) is 2. The van der Waals surface area contributed by atoms with Gasteiger partial charge in [-0.05, 0) is 60.5 Å². The summed E-state index contributed by atoms with van der Waals surface area (Å²) in [6, 6.07) is 11.4. The number of likely N-dealkylation sites (tertiary alicyclic amines) is 1. The highest BCUT2D eigenvalue weighted by Crippen LogP contribution is 2.46. The van der Waals surface area contributed by atoms with Crippen LogP contribution < -0.4 is 14.2 Å². The lowest BCUT2D eigenvalue weighted by atomic mass is 9.94. The zero-order valence-corrected chi connectivity index (χ0v) is 20.2. The summed E-state index contributed by atoms with van der Waals surface area (Å²) in [5.41, 5.74) is 1.35. The molecule has 0 radical (unpaired) electrons. The molecular formula is C27H25FN2O6. The number of benzene rings is 2. The molecule has 2 heterocycles. The first-order chi connectivity index (χ1) is 17.3. The highest BCUT2D eigenvalue weighted by Gasteiger charge is 2.46. The van der Waals surface area contributed by atoms with Crippen molar-refractivity contribution in [1.82, 2.24) is 9.88 Å². The maximum Gasteiger partial charge on any atom is 0.296 e. The van der Waals surface area contributed by atoms with Crippen molar-refractivity contribution in [2.45, 2.75) is 19.5 Å². The number of ether oxygens (including phenoxy) is 3. The largest absolute Gasteiger partial charge is 0.507 e. The summed E-state index contributed by atoms with van der Waals surface area (Å²) in [6.07, 6.45) is 1.58. The van der Waals surface area contributed by atoms with Crippen LogP contribution in [0.5, 0.6) is 17.2 Å². The number of amides is 1. The van der Waals surface area contributed by atoms with Gasteiger partial charge in [-0.25, -0.2) is 4.39 Å². The lowest BCUT2D eigenvalue weighted by Gasteiger charge is -2.26. The summed E-state index contributed by atoms with van der Waals surface area (Å²) in [7, 11) is 4.37. The molecular weight excluding hydrogens is 467 g/mol. The zero-order valence-electron chi connectivity index (χ0n) is 20.2. The lowest BCUT2D eigenvalue weighted by Crippen LogP contribution is -2.29. The number of carbonyl (C=O) groups is 2. The fourth-order valence-electron chi connectivity index (χ4n) is 4.26. The van der Waals surface area contributed by atoms with Crippen molar-refractivity contribution in [2.75, 3.05) is 21.3 Å². The number of aryl methyl sites for hydroxylation is 1. The monoisotopic (exact) mass is 492 g/mol. The molecule has 1 fully saturated rings. The summed E-state index contributed by atoms with van der Waals surface area (Å²) in [5.74, 6) is -1.59. The van der Waals surface area contributed by atoms with Gasteiger partial charge in [-0.1, -0.05) is 6.07 Å². The maximum atomic E-state index is 13.9. The first-order valence-electron chi connectivity index (χ1n) is 11.1. The Morgan fingerprint density at radius 1 is 1.03 bits per heavy atom. The number of aliphatic hydroxyl groups is 1. The van der Waals surface area contributed by atoms with Gasteiger partial charge in [-0.2, -0.15) is 0 Å². The van der Waals surface area contributed by atoms with Crippen LogP contribution in [-0.2, 0) is 16.1 Å². The van der Waals surface area contributed by atoms with Crippen molar-refractivity contribution in [3.63, 3.8) is 0 Å². The van der Waals surface area contributed by atoms with E-state index in [-0.39, 0.29) is 23.2 Å². The predicted molar refractivity (Wildman–Crippen MR) is 129 cm³/mol. The minimum absolute atomic E-state index is 0.00592. The zero-order chi connectivity index (χ0) is 26.0. The minimum atomic E-state index is -1.01. The number of methoxy groups -OCH3 is 3. The number of aliphatic hydroxyl groups excluding tert-OH is 1. The number of halogens is 1. The molecule has 36 heavy (non-hydrogen) atoms. The highest BCUT2D eigenvalue weighted by molar-refractivity contribution is 6.46. The molecule has 1 unspecified atom stereocenters. The van der Waals surface area contributed by atoms with Crippen molar-refractivity contribution in [2.24, 2.45) is 0 Å². The molecule has 1 aliphatic rings. The number of Topliss-reactive ketones (excluding diaryl/α,β-unsaturated/α-hetero) is 1. The van der Waals surface area contributed by atoms with Crippen molar-refractivity contribution >= 4 is 17.4 Å². The van der Waals surface area contributed by atoms with E-state index in [1.807, 2.05) is 0 Å². The van der Waals surface area contributed by atoms with Gasteiger partial charge in [0.15, 0.2) is 11.5 Å². The molecule has 1 amide bonds. The molecule has 1 saturated heterocycles. The number of pyridine rings is 1. The van der Waals surface area contributed by atoms with Crippen LogP contribution in [0.4, 0.5) is 4.39 Å². The van der Waals surface area contributed by atoms with E-state index >= 15 is 0 Å². The molecule has 0 saturated carbocycles. The Bertz CT molecular complexity index is 1330. The van der Waals surface area contributed by atoms with Crippen LogP contribution in [0.1, 0.15) is 28.4 Å². The summed E-state index contributed by atoms with van der Waals surface area (Å²) in [5, 5.41) is 11.2. The number of ketones is 1. The van der Waals surface area contributed by atoms with Gasteiger partial charge in [-0.3, -0.25) is 14.6 Å². The summed E-state index contributed by atoms with van der Waals surface area (Å²) in [4.78, 5) is 32.2. The average Bonchev–Trinajstić information content (AvgIpc) is 3.14. The predicted octanol–water partition coefficient (Wildman–Crippen LogP) is 4.18. The third-order valence-electron chi connectivity index (χ3n) is 6.03. The van der Waals surface area contributed by atoms with Gasteiger partial charge in [0.25, 0.3) is 11.7 Å². The van der Waals surface area contributed by atoms with Crippen LogP contribution in [0.3, 0.4) is 0 Å². The second-order valence-electron chi connectivity index (χ2n) is 8.17. The topological polar surface area (TPSA) is 98.2 Å². The van der Waals surface area contributed by atoms with E-state index < -0.39 is 29.3 Å². The maximum absolute atomic E-state index is 13.9. The standard InChI is InChI=1S/C27H25FN2O6/c1-15-11-16(8-9-19(15)28)24(31)22-23(17-12-20(34-2)26(36-4)21(13-17)35-3)30(27(33)25(22)32)14-18-7-5-6-10-29-18/h5-13,23,31H,14H2,1-4H3/b24-22+. The first-order valence-corrected chi connectivity index (χ1v) is 11.1. The first kappa shape index (κ1) is 24.7. The lowest BCUT2D eigenvalue weighted by molar-refractivity contribution is -0.140. The third-order valence-corrected chi connectivity index (χ3v) is 6.03. The van der Waals surface area contributed by atoms with Crippen molar-refractivity contribution in [3.05, 3.63) is 88.5 Å². The Labute approximate surface area is 207 Å². The molecule has 9 heteroatoms. The van der Waals surface area contributed by atoms with E-state index in [0.717, 1.165) is 0 Å². The summed E-state index contributed by atoms with van der Waals surface area (Å²) >= 11 is 0.